The van der Waals surface area contributed by atoms with Gasteiger partial charge in [0.15, 0.2) is 11.0 Å². The molecule has 0 bridgehead atoms. The number of hydrogen-bond donors (Lipinski definition) is 0. The molecule has 0 spiro atoms. The molecular formula is C18H13ClO4. The van der Waals surface area contributed by atoms with Gasteiger partial charge in [-0.05, 0) is 36.4 Å². The van der Waals surface area contributed by atoms with E-state index in [2.05, 4.69) is 0 Å². The molecule has 2 aromatic carbocycles. The Balaban J connectivity index is 1.67. The van der Waals surface area contributed by atoms with Gasteiger partial charge >= 0.3 is 0 Å². The molecular weight excluding hydrogens is 316 g/mol. The molecule has 0 aliphatic carbocycles. The molecule has 0 saturated carbocycles. The smallest absolute Gasteiger partial charge is 0.193 e. The van der Waals surface area contributed by atoms with E-state index in [-0.39, 0.29) is 11.5 Å². The van der Waals surface area contributed by atoms with Crippen LogP contribution in [0, 0.1) is 0 Å². The molecule has 1 atom stereocenters. The molecule has 1 aliphatic heterocycles. The van der Waals surface area contributed by atoms with Gasteiger partial charge in [0.2, 0.25) is 0 Å². The Kier molecular flexibility index (Phi) is 3.56. The van der Waals surface area contributed by atoms with Crippen LogP contribution in [-0.4, -0.2) is 19.3 Å². The molecule has 3 aromatic rings. The summed E-state index contributed by atoms with van der Waals surface area (Å²) in [6, 6.07) is 14.0. The van der Waals surface area contributed by atoms with E-state index in [9.17, 15) is 4.79 Å². The van der Waals surface area contributed by atoms with Crippen molar-refractivity contribution in [1.82, 2.24) is 0 Å². The van der Waals surface area contributed by atoms with Crippen molar-refractivity contribution in [2.24, 2.45) is 0 Å². The van der Waals surface area contributed by atoms with Crippen molar-refractivity contribution in [3.63, 3.8) is 0 Å². The summed E-state index contributed by atoms with van der Waals surface area (Å²) >= 11 is 6.13. The first-order valence-electron chi connectivity index (χ1n) is 7.28. The van der Waals surface area contributed by atoms with E-state index in [1.807, 2.05) is 24.3 Å². The maximum atomic E-state index is 12.2. The zero-order valence-electron chi connectivity index (χ0n) is 12.1. The minimum atomic E-state index is -0.116. The van der Waals surface area contributed by atoms with Crippen LogP contribution >= 0.6 is 11.6 Å². The van der Waals surface area contributed by atoms with Crippen molar-refractivity contribution in [2.75, 3.05) is 13.2 Å². The monoisotopic (exact) mass is 328 g/mol. The summed E-state index contributed by atoms with van der Waals surface area (Å²) in [5.41, 5.74) is 1.08. The van der Waals surface area contributed by atoms with Crippen LogP contribution in [0.4, 0.5) is 0 Å². The van der Waals surface area contributed by atoms with Crippen LogP contribution in [0.2, 0.25) is 5.02 Å². The number of epoxide rings is 1. The fraction of sp³-hybridized carbons (Fsp3) is 0.167. The average Bonchev–Trinajstić information content (AvgIpc) is 3.39. The van der Waals surface area contributed by atoms with Gasteiger partial charge in [0.05, 0.1) is 17.0 Å². The Hall–Kier alpha value is -2.30. The largest absolute Gasteiger partial charge is 0.491 e. The highest BCUT2D eigenvalue weighted by Gasteiger charge is 2.23. The van der Waals surface area contributed by atoms with Crippen LogP contribution in [0.5, 0.6) is 5.75 Å². The standard InChI is InChI=1S/C18H13ClO4/c19-15-3-1-2-14-16(20)8-17(23-18(14)15)11-4-6-12(7-5-11)21-9-13-10-22-13/h1-8,13H,9-10H2. The van der Waals surface area contributed by atoms with Gasteiger partial charge in [-0.3, -0.25) is 4.79 Å². The third-order valence-corrected chi connectivity index (χ3v) is 3.98. The lowest BCUT2D eigenvalue weighted by atomic mass is 10.1. The molecule has 0 amide bonds. The fourth-order valence-corrected chi connectivity index (χ4v) is 2.57. The Morgan fingerprint density at radius 2 is 1.96 bits per heavy atom. The topological polar surface area (TPSA) is 52.0 Å². The Bertz CT molecular complexity index is 910. The Morgan fingerprint density at radius 3 is 2.70 bits per heavy atom. The number of halogens is 1. The molecule has 2 heterocycles. The first-order chi connectivity index (χ1) is 11.2. The molecule has 1 aliphatic rings. The van der Waals surface area contributed by atoms with Crippen molar-refractivity contribution >= 4 is 22.6 Å². The summed E-state index contributed by atoms with van der Waals surface area (Å²) in [5.74, 6) is 1.23. The SMILES string of the molecule is O=c1cc(-c2ccc(OCC3CO3)cc2)oc2c(Cl)cccc12. The zero-order valence-corrected chi connectivity index (χ0v) is 12.9. The highest BCUT2D eigenvalue weighted by atomic mass is 35.5. The van der Waals surface area contributed by atoms with Gasteiger partial charge in [-0.1, -0.05) is 17.7 Å². The zero-order chi connectivity index (χ0) is 15.8. The maximum absolute atomic E-state index is 12.2. The molecule has 1 aromatic heterocycles. The van der Waals surface area contributed by atoms with E-state index in [4.69, 9.17) is 25.5 Å². The summed E-state index contributed by atoms with van der Waals surface area (Å²) < 4.78 is 16.5. The van der Waals surface area contributed by atoms with Crippen molar-refractivity contribution in [3.8, 4) is 17.1 Å². The van der Waals surface area contributed by atoms with Gasteiger partial charge in [-0.15, -0.1) is 0 Å². The molecule has 5 heteroatoms. The molecule has 0 N–H and O–H groups in total. The maximum Gasteiger partial charge on any atom is 0.193 e. The van der Waals surface area contributed by atoms with Crippen LogP contribution in [0.1, 0.15) is 0 Å². The van der Waals surface area contributed by atoms with E-state index in [1.54, 1.807) is 18.2 Å². The van der Waals surface area contributed by atoms with Crippen LogP contribution in [0.15, 0.2) is 57.7 Å². The second-order valence-corrected chi connectivity index (χ2v) is 5.79. The Labute approximate surface area is 137 Å². The minimum Gasteiger partial charge on any atom is -0.491 e. The molecule has 23 heavy (non-hydrogen) atoms. The van der Waals surface area contributed by atoms with Gasteiger partial charge in [0, 0.05) is 11.6 Å². The van der Waals surface area contributed by atoms with Crippen LogP contribution < -0.4 is 10.2 Å². The van der Waals surface area contributed by atoms with Crippen LogP contribution in [0.3, 0.4) is 0 Å². The predicted octanol–water partition coefficient (Wildman–Crippen LogP) is 3.89. The lowest BCUT2D eigenvalue weighted by Gasteiger charge is -2.07. The first kappa shape index (κ1) is 14.3. The molecule has 4 nitrogen and oxygen atoms in total. The van der Waals surface area contributed by atoms with Gasteiger partial charge in [0.1, 0.15) is 24.2 Å². The van der Waals surface area contributed by atoms with Crippen LogP contribution in [-0.2, 0) is 4.74 Å². The summed E-state index contributed by atoms with van der Waals surface area (Å²) in [6.07, 6.45) is 0.218. The molecule has 4 rings (SSSR count). The highest BCUT2D eigenvalue weighted by molar-refractivity contribution is 6.34. The lowest BCUT2D eigenvalue weighted by Crippen LogP contribution is -2.03. The predicted molar refractivity (Wildman–Crippen MR) is 88.2 cm³/mol. The number of rotatable bonds is 4. The highest BCUT2D eigenvalue weighted by Crippen LogP contribution is 2.28. The average molecular weight is 329 g/mol. The van der Waals surface area contributed by atoms with Crippen molar-refractivity contribution in [2.45, 2.75) is 6.10 Å². The molecule has 1 unspecified atom stereocenters. The minimum absolute atomic E-state index is 0.116. The Morgan fingerprint density at radius 1 is 1.17 bits per heavy atom. The molecule has 1 fully saturated rings. The summed E-state index contributed by atoms with van der Waals surface area (Å²) in [4.78, 5) is 12.2. The summed E-state index contributed by atoms with van der Waals surface area (Å²) in [6.45, 7) is 1.32. The van der Waals surface area contributed by atoms with E-state index in [0.29, 0.717) is 28.4 Å². The summed E-state index contributed by atoms with van der Waals surface area (Å²) in [5, 5.41) is 0.900. The summed E-state index contributed by atoms with van der Waals surface area (Å²) in [7, 11) is 0. The molecule has 116 valence electrons. The number of ether oxygens (including phenoxy) is 2. The number of para-hydroxylation sites is 1. The molecule has 0 radical (unpaired) electrons. The van der Waals surface area contributed by atoms with Gasteiger partial charge in [0.25, 0.3) is 0 Å². The third-order valence-electron chi connectivity index (χ3n) is 3.68. The second-order valence-electron chi connectivity index (χ2n) is 5.38. The lowest BCUT2D eigenvalue weighted by molar-refractivity contribution is 0.263. The van der Waals surface area contributed by atoms with E-state index in [0.717, 1.165) is 17.9 Å². The normalized spacial score (nSPS) is 16.5. The number of fused-ring (bicyclic) bond motifs is 1. The number of hydrogen-bond acceptors (Lipinski definition) is 4. The molecule has 1 saturated heterocycles. The van der Waals surface area contributed by atoms with Crippen molar-refractivity contribution in [1.29, 1.82) is 0 Å². The fourth-order valence-electron chi connectivity index (χ4n) is 2.35. The third kappa shape index (κ3) is 2.96. The quantitative estimate of drug-likeness (QED) is 0.682. The van der Waals surface area contributed by atoms with Crippen molar-refractivity contribution < 1.29 is 13.9 Å². The first-order valence-corrected chi connectivity index (χ1v) is 7.66. The van der Waals surface area contributed by atoms with Crippen LogP contribution in [0.25, 0.3) is 22.3 Å². The van der Waals surface area contributed by atoms with E-state index < -0.39 is 0 Å². The van der Waals surface area contributed by atoms with Gasteiger partial charge in [-0.2, -0.15) is 0 Å². The van der Waals surface area contributed by atoms with Gasteiger partial charge < -0.3 is 13.9 Å². The van der Waals surface area contributed by atoms with E-state index in [1.165, 1.54) is 6.07 Å². The number of benzene rings is 2. The van der Waals surface area contributed by atoms with Gasteiger partial charge in [-0.25, -0.2) is 0 Å². The second kappa shape index (κ2) is 5.72. The van der Waals surface area contributed by atoms with E-state index >= 15 is 0 Å². The van der Waals surface area contributed by atoms with Crippen molar-refractivity contribution in [3.05, 3.63) is 63.8 Å².